The third-order valence-electron chi connectivity index (χ3n) is 2.31. The topological polar surface area (TPSA) is 0 Å². The van der Waals surface area contributed by atoms with Crippen molar-refractivity contribution in [3.05, 3.63) is 35.4 Å². The predicted octanol–water partition coefficient (Wildman–Crippen LogP) is 4.46. The normalized spacial score (nSPS) is 11.4. The van der Waals surface area contributed by atoms with Crippen molar-refractivity contribution in [2.24, 2.45) is 10.8 Å². The molecule has 0 nitrogen and oxygen atoms in total. The quantitative estimate of drug-likeness (QED) is 0.448. The van der Waals surface area contributed by atoms with E-state index in [1.54, 1.807) is 0 Å². The van der Waals surface area contributed by atoms with Gasteiger partial charge in [0.15, 0.2) is 0 Å². The van der Waals surface area contributed by atoms with Gasteiger partial charge in [-0.3, -0.25) is 23.3 Å². The van der Waals surface area contributed by atoms with Crippen LogP contribution in [-0.2, 0) is 53.7 Å². The minimum atomic E-state index is 0. The molecule has 2 heteroatoms. The van der Waals surface area contributed by atoms with Gasteiger partial charge in [-0.1, -0.05) is 53.4 Å². The van der Waals surface area contributed by atoms with Gasteiger partial charge >= 0.3 is 0 Å². The molecule has 0 saturated carbocycles. The Hall–Kier alpha value is 0.545. The molecule has 0 spiro atoms. The average molecular weight is 589 g/mol. The molecule has 0 fully saturated rings. The zero-order valence-electron chi connectivity index (χ0n) is 12.3. The van der Waals surface area contributed by atoms with Gasteiger partial charge in [-0.15, -0.1) is 6.42 Å². The Balaban J connectivity index is 0. The molecule has 1 rings (SSSR count). The summed E-state index contributed by atoms with van der Waals surface area (Å²) in [6.45, 7) is 13.5. The number of rotatable bonds is 2. The summed E-state index contributed by atoms with van der Waals surface area (Å²) >= 11 is 0. The summed E-state index contributed by atoms with van der Waals surface area (Å²) < 4.78 is 0. The molecule has 2 radical (unpaired) electrons. The van der Waals surface area contributed by atoms with Crippen molar-refractivity contribution in [3.8, 4) is 0 Å². The molecule has 0 aliphatic rings. The van der Waals surface area contributed by atoms with Crippen LogP contribution in [0.15, 0.2) is 12.1 Å². The Labute approximate surface area is 141 Å². The first-order valence-electron chi connectivity index (χ1n) is 6.07. The number of hydrogen-bond acceptors (Lipinski definition) is 0. The first-order chi connectivity index (χ1) is 7.16. The summed E-state index contributed by atoms with van der Waals surface area (Å²) in [5, 5.41) is 0. The van der Waals surface area contributed by atoms with E-state index in [4.69, 9.17) is 0 Å². The second-order valence-electron chi connectivity index (χ2n) is 7.11. The van der Waals surface area contributed by atoms with Crippen molar-refractivity contribution in [2.75, 3.05) is 0 Å². The molecule has 1 aromatic carbocycles. The van der Waals surface area contributed by atoms with E-state index in [1.165, 1.54) is 11.1 Å². The Kier molecular flexibility index (Phi) is 9.24. The molecule has 0 N–H and O–H groups in total. The second kappa shape index (κ2) is 7.97. The van der Waals surface area contributed by atoms with Crippen molar-refractivity contribution >= 4 is 0 Å². The van der Waals surface area contributed by atoms with Crippen LogP contribution in [0, 0.1) is 23.0 Å². The summed E-state index contributed by atoms with van der Waals surface area (Å²) in [7, 11) is 0. The van der Waals surface area contributed by atoms with Crippen molar-refractivity contribution < 1.29 is 40.8 Å². The minimum Gasteiger partial charge on any atom is -0.355 e. The van der Waals surface area contributed by atoms with Crippen molar-refractivity contribution in [1.82, 2.24) is 0 Å². The van der Waals surface area contributed by atoms with Gasteiger partial charge in [0.1, 0.15) is 0 Å². The van der Waals surface area contributed by atoms with Crippen LogP contribution >= 0.6 is 0 Å². The summed E-state index contributed by atoms with van der Waals surface area (Å²) in [4.78, 5) is 0. The molecular formula is C16H24Re2-2. The predicted molar refractivity (Wildman–Crippen MR) is 70.4 cm³/mol. The summed E-state index contributed by atoms with van der Waals surface area (Å²) in [6.07, 6.45) is 2.14. The third kappa shape index (κ3) is 9.47. The molecule has 0 heterocycles. The van der Waals surface area contributed by atoms with E-state index in [1.807, 2.05) is 0 Å². The number of benzene rings is 1. The standard InChI is InChI=1S/C16H24.2Re/c1-15(2,3)11-13-7-9-14(10-8-13)12-16(4,5)6;;/h7-8H,11-12H2,1-6H3;;/q-2;;. The largest absolute Gasteiger partial charge is 0.355 e. The monoisotopic (exact) mass is 590 g/mol. The van der Waals surface area contributed by atoms with Gasteiger partial charge in [-0.05, 0) is 5.41 Å². The van der Waals surface area contributed by atoms with E-state index in [-0.39, 0.29) is 40.8 Å². The van der Waals surface area contributed by atoms with Gasteiger partial charge in [0, 0.05) is 40.8 Å². The van der Waals surface area contributed by atoms with Gasteiger partial charge in [-0.25, -0.2) is 0 Å². The maximum Gasteiger partial charge on any atom is 0 e. The molecule has 1 aromatic rings. The van der Waals surface area contributed by atoms with E-state index < -0.39 is 0 Å². The van der Waals surface area contributed by atoms with Crippen molar-refractivity contribution in [2.45, 2.75) is 54.4 Å². The van der Waals surface area contributed by atoms with Gasteiger partial charge in [0.2, 0.25) is 0 Å². The van der Waals surface area contributed by atoms with Crippen molar-refractivity contribution in [3.63, 3.8) is 0 Å². The summed E-state index contributed by atoms with van der Waals surface area (Å²) in [5.41, 5.74) is 3.20. The Morgan fingerprint density at radius 3 is 1.50 bits per heavy atom. The first kappa shape index (κ1) is 20.9. The van der Waals surface area contributed by atoms with Crippen LogP contribution in [0.3, 0.4) is 0 Å². The molecule has 0 aromatic heterocycles. The van der Waals surface area contributed by atoms with E-state index in [9.17, 15) is 0 Å². The molecule has 0 aliphatic carbocycles. The van der Waals surface area contributed by atoms with Crippen molar-refractivity contribution in [1.29, 1.82) is 0 Å². The summed E-state index contributed by atoms with van der Waals surface area (Å²) in [6, 6.07) is 11.0. The van der Waals surface area contributed by atoms with E-state index >= 15 is 0 Å². The van der Waals surface area contributed by atoms with E-state index in [2.05, 4.69) is 65.8 Å². The second-order valence-corrected chi connectivity index (χ2v) is 7.11. The zero-order chi connectivity index (χ0) is 12.4. The van der Waals surface area contributed by atoms with Gasteiger partial charge in [0.05, 0.1) is 0 Å². The fourth-order valence-electron chi connectivity index (χ4n) is 1.79. The fraction of sp³-hybridized carbons (Fsp3) is 0.625. The molecule has 104 valence electrons. The average Bonchev–Trinajstić information content (AvgIpc) is 2.03. The van der Waals surface area contributed by atoms with Crippen LogP contribution in [-0.4, -0.2) is 0 Å². The zero-order valence-corrected chi connectivity index (χ0v) is 17.8. The van der Waals surface area contributed by atoms with Crippen LogP contribution in [0.2, 0.25) is 0 Å². The minimum absolute atomic E-state index is 0. The van der Waals surface area contributed by atoms with Gasteiger partial charge < -0.3 is 12.1 Å². The number of hydrogen-bond donors (Lipinski definition) is 0. The molecule has 0 amide bonds. The van der Waals surface area contributed by atoms with E-state index in [0.29, 0.717) is 10.8 Å². The fourth-order valence-corrected chi connectivity index (χ4v) is 1.79. The molecule has 0 saturated heterocycles. The smallest absolute Gasteiger partial charge is 0 e. The molecule has 0 atom stereocenters. The van der Waals surface area contributed by atoms with E-state index in [0.717, 1.165) is 12.8 Å². The van der Waals surface area contributed by atoms with Crippen LogP contribution in [0.25, 0.3) is 0 Å². The maximum atomic E-state index is 3.36. The van der Waals surface area contributed by atoms with Crippen LogP contribution in [0.1, 0.15) is 52.7 Å². The third-order valence-corrected chi connectivity index (χ3v) is 2.31. The Bertz CT molecular complexity index is 291. The Morgan fingerprint density at radius 2 is 1.17 bits per heavy atom. The molecule has 0 unspecified atom stereocenters. The molecule has 18 heavy (non-hydrogen) atoms. The summed E-state index contributed by atoms with van der Waals surface area (Å²) in [5.74, 6) is 0. The molecule has 0 aliphatic heterocycles. The van der Waals surface area contributed by atoms with Crippen LogP contribution in [0.4, 0.5) is 0 Å². The van der Waals surface area contributed by atoms with Crippen LogP contribution in [0.5, 0.6) is 0 Å². The SMILES string of the molecule is CC(C)(C)Cc1[c-]cc(CC(C)(C)C)c[c-]1.[Re].[Re]. The Morgan fingerprint density at radius 1 is 0.778 bits per heavy atom. The van der Waals surface area contributed by atoms with Gasteiger partial charge in [-0.2, -0.15) is 0 Å². The first-order valence-corrected chi connectivity index (χ1v) is 6.07. The molecule has 0 bridgehead atoms. The van der Waals surface area contributed by atoms with Crippen LogP contribution < -0.4 is 0 Å². The van der Waals surface area contributed by atoms with Gasteiger partial charge in [0.25, 0.3) is 0 Å². The molecular weight excluding hydrogens is 565 g/mol. The maximum absolute atomic E-state index is 3.36.